The van der Waals surface area contributed by atoms with Crippen LogP contribution in [0.3, 0.4) is 0 Å². The number of anilines is 1. The summed E-state index contributed by atoms with van der Waals surface area (Å²) >= 11 is 3.96. The van der Waals surface area contributed by atoms with Gasteiger partial charge < -0.3 is 9.64 Å². The fraction of sp³-hybridized carbons (Fsp3) is 0.571. The van der Waals surface area contributed by atoms with E-state index in [1.165, 1.54) is 5.69 Å². The van der Waals surface area contributed by atoms with Gasteiger partial charge in [-0.1, -0.05) is 20.8 Å². The minimum atomic E-state index is 0.790. The first kappa shape index (κ1) is 16.7. The zero-order valence-corrected chi connectivity index (χ0v) is 15.6. The number of ether oxygens (including phenoxy) is 1. The number of imidazole rings is 1. The van der Waals surface area contributed by atoms with E-state index in [1.54, 1.807) is 11.3 Å². The second-order valence-corrected chi connectivity index (χ2v) is 6.15. The van der Waals surface area contributed by atoms with Crippen LogP contribution in [-0.4, -0.2) is 40.8 Å². The Kier molecular flexibility index (Phi) is 6.43. The predicted molar refractivity (Wildman–Crippen MR) is 95.7 cm³/mol. The zero-order valence-electron chi connectivity index (χ0n) is 12.7. The number of hydrogen-bond acceptors (Lipinski definition) is 5. The molecule has 116 valence electrons. The van der Waals surface area contributed by atoms with Gasteiger partial charge in [-0.05, 0) is 29.0 Å². The Morgan fingerprint density at radius 2 is 2.05 bits per heavy atom. The molecule has 21 heavy (non-hydrogen) atoms. The normalized spacial score (nSPS) is 14.8. The van der Waals surface area contributed by atoms with Crippen molar-refractivity contribution in [1.82, 2.24) is 14.5 Å². The van der Waals surface area contributed by atoms with Crippen LogP contribution in [0.2, 0.25) is 0 Å². The summed E-state index contributed by atoms with van der Waals surface area (Å²) in [6.45, 7) is 9.57. The largest absolute Gasteiger partial charge is 0.378 e. The summed E-state index contributed by atoms with van der Waals surface area (Å²) in [5.74, 6) is 0.971. The average molecular weight is 420 g/mol. The van der Waals surface area contributed by atoms with E-state index in [0.29, 0.717) is 0 Å². The van der Waals surface area contributed by atoms with Gasteiger partial charge in [0.15, 0.2) is 10.9 Å². The summed E-state index contributed by atoms with van der Waals surface area (Å²) in [5.41, 5.74) is 1.22. The lowest BCUT2D eigenvalue weighted by Crippen LogP contribution is -2.36. The molecule has 1 aliphatic rings. The molecule has 0 atom stereocenters. The second-order valence-electron chi connectivity index (χ2n) is 4.29. The third-order valence-corrected chi connectivity index (χ3v) is 4.95. The van der Waals surface area contributed by atoms with Crippen LogP contribution in [0.15, 0.2) is 11.7 Å². The maximum Gasteiger partial charge on any atom is 0.187 e. The minimum Gasteiger partial charge on any atom is -0.378 e. The predicted octanol–water partition coefficient (Wildman–Crippen LogP) is 3.36. The van der Waals surface area contributed by atoms with Crippen molar-refractivity contribution in [2.24, 2.45) is 0 Å². The highest BCUT2D eigenvalue weighted by atomic mass is 127. The third-order valence-electron chi connectivity index (χ3n) is 3.16. The van der Waals surface area contributed by atoms with Crippen molar-refractivity contribution in [2.75, 3.05) is 31.2 Å². The van der Waals surface area contributed by atoms with Crippen LogP contribution in [0.25, 0.3) is 5.82 Å². The summed E-state index contributed by atoms with van der Waals surface area (Å²) < 4.78 is 8.51. The van der Waals surface area contributed by atoms with Crippen molar-refractivity contribution in [3.05, 3.63) is 21.1 Å². The highest BCUT2D eigenvalue weighted by Crippen LogP contribution is 2.25. The highest BCUT2D eigenvalue weighted by Gasteiger charge is 2.16. The SMILES string of the molecule is CC.CCc1c(I)ncn1-c1csc(N2CCOCC2)n1. The molecule has 1 saturated heterocycles. The molecule has 1 aliphatic heterocycles. The zero-order chi connectivity index (χ0) is 15.2. The van der Waals surface area contributed by atoms with Gasteiger partial charge in [-0.25, -0.2) is 9.97 Å². The molecule has 5 nitrogen and oxygen atoms in total. The first-order valence-corrected chi connectivity index (χ1v) is 9.25. The maximum absolute atomic E-state index is 5.37. The average Bonchev–Trinajstić information content (AvgIpc) is 3.16. The standard InChI is InChI=1S/C12H15IN4OS.C2H6/c1-2-9-11(13)14-8-17(9)10-7-19-12(15-10)16-3-5-18-6-4-16;1-2/h7-8H,2-6H2,1H3;1-2H3. The molecule has 1 fully saturated rings. The van der Waals surface area contributed by atoms with Crippen LogP contribution in [0.5, 0.6) is 0 Å². The Morgan fingerprint density at radius 3 is 2.71 bits per heavy atom. The van der Waals surface area contributed by atoms with Crippen molar-refractivity contribution < 1.29 is 4.74 Å². The number of morpholine rings is 1. The number of thiazole rings is 1. The van der Waals surface area contributed by atoms with E-state index in [1.807, 2.05) is 20.2 Å². The fourth-order valence-corrected chi connectivity index (χ4v) is 3.75. The van der Waals surface area contributed by atoms with Crippen LogP contribution in [0.4, 0.5) is 5.13 Å². The molecule has 0 radical (unpaired) electrons. The Bertz CT molecular complexity index is 563. The molecule has 2 aromatic rings. The molecule has 7 heteroatoms. The van der Waals surface area contributed by atoms with Crippen molar-refractivity contribution >= 4 is 39.1 Å². The summed E-state index contributed by atoms with van der Waals surface area (Å²) in [6.07, 6.45) is 2.82. The molecule has 0 unspecified atom stereocenters. The summed E-state index contributed by atoms with van der Waals surface area (Å²) in [4.78, 5) is 11.4. The lowest BCUT2D eigenvalue weighted by atomic mass is 10.3. The fourth-order valence-electron chi connectivity index (χ4n) is 2.13. The van der Waals surface area contributed by atoms with Gasteiger partial charge >= 0.3 is 0 Å². The van der Waals surface area contributed by atoms with E-state index in [0.717, 1.165) is 47.4 Å². The van der Waals surface area contributed by atoms with Crippen molar-refractivity contribution in [3.8, 4) is 5.82 Å². The van der Waals surface area contributed by atoms with Gasteiger partial charge in [0, 0.05) is 18.5 Å². The lowest BCUT2D eigenvalue weighted by molar-refractivity contribution is 0.122. The van der Waals surface area contributed by atoms with Gasteiger partial charge in [-0.15, -0.1) is 11.3 Å². The van der Waals surface area contributed by atoms with Gasteiger partial charge in [0.05, 0.1) is 18.9 Å². The van der Waals surface area contributed by atoms with E-state index in [9.17, 15) is 0 Å². The molecular weight excluding hydrogens is 399 g/mol. The molecule has 0 amide bonds. The molecule has 3 rings (SSSR count). The quantitative estimate of drug-likeness (QED) is 0.715. The van der Waals surface area contributed by atoms with Gasteiger partial charge in [0.2, 0.25) is 0 Å². The Morgan fingerprint density at radius 1 is 1.33 bits per heavy atom. The smallest absolute Gasteiger partial charge is 0.187 e. The summed E-state index contributed by atoms with van der Waals surface area (Å²) in [7, 11) is 0. The molecule has 0 aliphatic carbocycles. The summed E-state index contributed by atoms with van der Waals surface area (Å²) in [6, 6.07) is 0. The van der Waals surface area contributed by atoms with Crippen LogP contribution in [-0.2, 0) is 11.2 Å². The summed E-state index contributed by atoms with van der Waals surface area (Å²) in [5, 5.41) is 3.17. The lowest BCUT2D eigenvalue weighted by Gasteiger charge is -2.25. The number of hydrogen-bond donors (Lipinski definition) is 0. The van der Waals surface area contributed by atoms with E-state index < -0.39 is 0 Å². The third kappa shape index (κ3) is 3.75. The molecular formula is C14H21IN4OS. The Hall–Kier alpha value is -0.670. The van der Waals surface area contributed by atoms with Crippen molar-refractivity contribution in [1.29, 1.82) is 0 Å². The van der Waals surface area contributed by atoms with E-state index in [4.69, 9.17) is 9.72 Å². The minimum absolute atomic E-state index is 0.790. The number of aromatic nitrogens is 3. The maximum atomic E-state index is 5.37. The molecule has 2 aromatic heterocycles. The Balaban J connectivity index is 0.000000774. The van der Waals surface area contributed by atoms with Crippen LogP contribution < -0.4 is 4.90 Å². The number of rotatable bonds is 3. The monoisotopic (exact) mass is 420 g/mol. The van der Waals surface area contributed by atoms with E-state index in [-0.39, 0.29) is 0 Å². The topological polar surface area (TPSA) is 43.2 Å². The van der Waals surface area contributed by atoms with Gasteiger partial charge in [0.1, 0.15) is 10.0 Å². The van der Waals surface area contributed by atoms with Gasteiger partial charge in [-0.3, -0.25) is 4.57 Å². The van der Waals surface area contributed by atoms with E-state index >= 15 is 0 Å². The second kappa shape index (κ2) is 8.09. The van der Waals surface area contributed by atoms with Crippen LogP contribution >= 0.6 is 33.9 Å². The number of nitrogens with zero attached hydrogens (tertiary/aromatic N) is 4. The molecule has 0 aromatic carbocycles. The van der Waals surface area contributed by atoms with Crippen LogP contribution in [0, 0.1) is 3.70 Å². The van der Waals surface area contributed by atoms with Gasteiger partial charge in [0.25, 0.3) is 0 Å². The van der Waals surface area contributed by atoms with Crippen LogP contribution in [0.1, 0.15) is 26.5 Å². The molecule has 0 N–H and O–H groups in total. The first-order valence-electron chi connectivity index (χ1n) is 7.30. The number of halogens is 1. The molecule has 0 spiro atoms. The first-order chi connectivity index (χ1) is 10.3. The molecule has 0 bridgehead atoms. The highest BCUT2D eigenvalue weighted by molar-refractivity contribution is 14.1. The Labute approximate surface area is 143 Å². The van der Waals surface area contributed by atoms with Crippen molar-refractivity contribution in [3.63, 3.8) is 0 Å². The molecule has 0 saturated carbocycles. The van der Waals surface area contributed by atoms with E-state index in [2.05, 4.69) is 49.3 Å². The van der Waals surface area contributed by atoms with Crippen molar-refractivity contribution in [2.45, 2.75) is 27.2 Å². The van der Waals surface area contributed by atoms with Gasteiger partial charge in [-0.2, -0.15) is 0 Å². The molecule has 3 heterocycles.